The highest BCUT2D eigenvalue weighted by molar-refractivity contribution is 5.93. The molecule has 14 heavy (non-hydrogen) atoms. The first kappa shape index (κ1) is 8.99. The summed E-state index contributed by atoms with van der Waals surface area (Å²) in [6.45, 7) is 1.88. The van der Waals surface area contributed by atoms with E-state index in [-0.39, 0.29) is 11.8 Å². The van der Waals surface area contributed by atoms with Gasteiger partial charge in [-0.3, -0.25) is 4.79 Å². The van der Waals surface area contributed by atoms with Crippen LogP contribution in [0.4, 0.5) is 0 Å². The summed E-state index contributed by atoms with van der Waals surface area (Å²) in [7, 11) is 0. The van der Waals surface area contributed by atoms with Gasteiger partial charge < -0.3 is 10.5 Å². The molecule has 1 aromatic rings. The van der Waals surface area contributed by atoms with Gasteiger partial charge in [-0.2, -0.15) is 0 Å². The van der Waals surface area contributed by atoms with Gasteiger partial charge in [-0.1, -0.05) is 0 Å². The van der Waals surface area contributed by atoms with Gasteiger partial charge in [0.25, 0.3) is 5.91 Å². The van der Waals surface area contributed by atoms with Gasteiger partial charge in [0.2, 0.25) is 0 Å². The van der Waals surface area contributed by atoms with E-state index in [1.807, 2.05) is 13.0 Å². The molecule has 1 fully saturated rings. The maximum Gasteiger partial charge on any atom is 0.271 e. The van der Waals surface area contributed by atoms with Gasteiger partial charge in [-0.25, -0.2) is 4.98 Å². The lowest BCUT2D eigenvalue weighted by Gasteiger charge is -2.10. The Labute approximate surface area is 82.1 Å². The standard InChI is InChI=1S/C10H12N2O2/c1-6-4-5-12-8(10(11)13)9(6)14-7-2-3-7/h4-5,7H,2-3H2,1H3,(H2,11,13). The number of hydrogen-bond acceptors (Lipinski definition) is 3. The SMILES string of the molecule is Cc1ccnc(C(N)=O)c1OC1CC1. The van der Waals surface area contributed by atoms with Crippen molar-refractivity contribution in [2.24, 2.45) is 5.73 Å². The van der Waals surface area contributed by atoms with E-state index in [4.69, 9.17) is 10.5 Å². The third-order valence-corrected chi connectivity index (χ3v) is 2.14. The summed E-state index contributed by atoms with van der Waals surface area (Å²) in [5.74, 6) is 0.00634. The third kappa shape index (κ3) is 1.69. The number of aryl methyl sites for hydroxylation is 1. The van der Waals surface area contributed by atoms with Crippen LogP contribution in [0.3, 0.4) is 0 Å². The molecule has 0 aromatic carbocycles. The van der Waals surface area contributed by atoms with E-state index in [1.165, 1.54) is 0 Å². The lowest BCUT2D eigenvalue weighted by molar-refractivity contribution is 0.0990. The van der Waals surface area contributed by atoms with Crippen LogP contribution in [0.15, 0.2) is 12.3 Å². The zero-order valence-electron chi connectivity index (χ0n) is 7.99. The summed E-state index contributed by atoms with van der Waals surface area (Å²) in [4.78, 5) is 15.0. The largest absolute Gasteiger partial charge is 0.488 e. The van der Waals surface area contributed by atoms with E-state index >= 15 is 0 Å². The first-order chi connectivity index (χ1) is 6.68. The Morgan fingerprint density at radius 1 is 1.64 bits per heavy atom. The fourth-order valence-electron chi connectivity index (χ4n) is 1.22. The molecule has 0 saturated heterocycles. The maximum absolute atomic E-state index is 11.1. The quantitative estimate of drug-likeness (QED) is 0.777. The summed E-state index contributed by atoms with van der Waals surface area (Å²) in [6, 6.07) is 1.81. The lowest BCUT2D eigenvalue weighted by Crippen LogP contribution is -2.16. The Morgan fingerprint density at radius 3 is 2.93 bits per heavy atom. The van der Waals surface area contributed by atoms with Gasteiger partial charge in [-0.15, -0.1) is 0 Å². The smallest absolute Gasteiger partial charge is 0.271 e. The average Bonchev–Trinajstić information content (AvgIpc) is 2.91. The van der Waals surface area contributed by atoms with Crippen molar-refractivity contribution in [3.05, 3.63) is 23.5 Å². The summed E-state index contributed by atoms with van der Waals surface area (Å²) >= 11 is 0. The molecule has 2 N–H and O–H groups in total. The highest BCUT2D eigenvalue weighted by Gasteiger charge is 2.26. The van der Waals surface area contributed by atoms with Gasteiger partial charge >= 0.3 is 0 Å². The zero-order valence-corrected chi connectivity index (χ0v) is 7.99. The average molecular weight is 192 g/mol. The summed E-state index contributed by atoms with van der Waals surface area (Å²) < 4.78 is 5.59. The Morgan fingerprint density at radius 2 is 2.36 bits per heavy atom. The molecule has 1 aliphatic carbocycles. The minimum absolute atomic E-state index is 0.233. The fraction of sp³-hybridized carbons (Fsp3) is 0.400. The Balaban J connectivity index is 2.36. The number of ether oxygens (including phenoxy) is 1. The maximum atomic E-state index is 11.1. The molecule has 4 nitrogen and oxygen atoms in total. The second-order valence-corrected chi connectivity index (χ2v) is 3.49. The normalized spacial score (nSPS) is 15.2. The Hall–Kier alpha value is -1.58. The summed E-state index contributed by atoms with van der Waals surface area (Å²) in [5.41, 5.74) is 6.33. The molecule has 0 radical (unpaired) electrons. The van der Waals surface area contributed by atoms with Crippen LogP contribution in [0, 0.1) is 6.92 Å². The van der Waals surface area contributed by atoms with Gasteiger partial charge in [0.15, 0.2) is 11.4 Å². The molecule has 1 aliphatic rings. The van der Waals surface area contributed by atoms with Gasteiger partial charge in [-0.05, 0) is 31.4 Å². The molecular formula is C10H12N2O2. The summed E-state index contributed by atoms with van der Waals surface area (Å²) in [5, 5.41) is 0. The molecule has 0 spiro atoms. The van der Waals surface area contributed by atoms with Crippen molar-refractivity contribution >= 4 is 5.91 Å². The highest BCUT2D eigenvalue weighted by atomic mass is 16.5. The van der Waals surface area contributed by atoms with Crippen LogP contribution in [0.2, 0.25) is 0 Å². The van der Waals surface area contributed by atoms with E-state index in [0.717, 1.165) is 18.4 Å². The number of primary amides is 1. The molecule has 0 aliphatic heterocycles. The Bertz CT molecular complexity index is 372. The molecule has 0 bridgehead atoms. The molecule has 1 saturated carbocycles. The number of hydrogen-bond donors (Lipinski definition) is 1. The number of nitrogens with two attached hydrogens (primary N) is 1. The van der Waals surface area contributed by atoms with E-state index in [1.54, 1.807) is 6.20 Å². The number of rotatable bonds is 3. The molecule has 1 amide bonds. The minimum atomic E-state index is -0.538. The molecule has 74 valence electrons. The highest BCUT2D eigenvalue weighted by Crippen LogP contribution is 2.30. The molecule has 1 aromatic heterocycles. The lowest BCUT2D eigenvalue weighted by atomic mass is 10.2. The van der Waals surface area contributed by atoms with Crippen LogP contribution in [-0.4, -0.2) is 17.0 Å². The Kier molecular flexibility index (Phi) is 2.11. The molecular weight excluding hydrogens is 180 g/mol. The molecule has 0 unspecified atom stereocenters. The second kappa shape index (κ2) is 3.29. The fourth-order valence-corrected chi connectivity index (χ4v) is 1.22. The number of amides is 1. The van der Waals surface area contributed by atoms with Gasteiger partial charge in [0, 0.05) is 6.20 Å². The number of aromatic nitrogens is 1. The van der Waals surface area contributed by atoms with E-state index < -0.39 is 5.91 Å². The molecule has 1 heterocycles. The van der Waals surface area contributed by atoms with Crippen LogP contribution >= 0.6 is 0 Å². The summed E-state index contributed by atoms with van der Waals surface area (Å²) in [6.07, 6.45) is 3.91. The van der Waals surface area contributed by atoms with E-state index in [0.29, 0.717) is 5.75 Å². The van der Waals surface area contributed by atoms with Crippen LogP contribution in [0.25, 0.3) is 0 Å². The minimum Gasteiger partial charge on any atom is -0.488 e. The van der Waals surface area contributed by atoms with Gasteiger partial charge in [0.05, 0.1) is 6.10 Å². The predicted octanol–water partition coefficient (Wildman–Crippen LogP) is 1.03. The van der Waals surface area contributed by atoms with E-state index in [9.17, 15) is 4.79 Å². The molecule has 2 rings (SSSR count). The van der Waals surface area contributed by atoms with Crippen molar-refractivity contribution in [3.8, 4) is 5.75 Å². The monoisotopic (exact) mass is 192 g/mol. The first-order valence-electron chi connectivity index (χ1n) is 4.60. The van der Waals surface area contributed by atoms with Crippen molar-refractivity contribution in [1.29, 1.82) is 0 Å². The van der Waals surface area contributed by atoms with Gasteiger partial charge in [0.1, 0.15) is 0 Å². The number of nitrogens with zero attached hydrogens (tertiary/aromatic N) is 1. The van der Waals surface area contributed by atoms with Crippen LogP contribution in [0.1, 0.15) is 28.9 Å². The van der Waals surface area contributed by atoms with Crippen LogP contribution < -0.4 is 10.5 Å². The number of carbonyl (C=O) groups is 1. The van der Waals surface area contributed by atoms with Crippen LogP contribution in [-0.2, 0) is 0 Å². The number of pyridine rings is 1. The second-order valence-electron chi connectivity index (χ2n) is 3.49. The molecule has 0 atom stereocenters. The topological polar surface area (TPSA) is 65.2 Å². The predicted molar refractivity (Wildman–Crippen MR) is 51.1 cm³/mol. The van der Waals surface area contributed by atoms with Crippen molar-refractivity contribution < 1.29 is 9.53 Å². The third-order valence-electron chi connectivity index (χ3n) is 2.14. The van der Waals surface area contributed by atoms with Crippen molar-refractivity contribution in [3.63, 3.8) is 0 Å². The van der Waals surface area contributed by atoms with Crippen molar-refractivity contribution in [2.45, 2.75) is 25.9 Å². The van der Waals surface area contributed by atoms with Crippen molar-refractivity contribution in [2.75, 3.05) is 0 Å². The van der Waals surface area contributed by atoms with Crippen molar-refractivity contribution in [1.82, 2.24) is 4.98 Å². The molecule has 4 heteroatoms. The zero-order chi connectivity index (χ0) is 10.1. The first-order valence-corrected chi connectivity index (χ1v) is 4.60. The van der Waals surface area contributed by atoms with E-state index in [2.05, 4.69) is 4.98 Å². The number of carbonyl (C=O) groups excluding carboxylic acids is 1. The van der Waals surface area contributed by atoms with Crippen LogP contribution in [0.5, 0.6) is 5.75 Å².